The summed E-state index contributed by atoms with van der Waals surface area (Å²) in [6, 6.07) is 0. The topological polar surface area (TPSA) is 32.3 Å². The number of likely N-dealkylation sites (tertiary alicyclic amines) is 1. The maximum Gasteiger partial charge on any atom is 0.223 e. The van der Waals surface area contributed by atoms with Crippen molar-refractivity contribution in [1.29, 1.82) is 0 Å². The number of nitrogens with one attached hydrogen (secondary N) is 1. The van der Waals surface area contributed by atoms with Gasteiger partial charge in [0.25, 0.3) is 0 Å². The van der Waals surface area contributed by atoms with E-state index < -0.39 is 0 Å². The summed E-state index contributed by atoms with van der Waals surface area (Å²) in [5.41, 5.74) is 0. The second-order valence-corrected chi connectivity index (χ2v) is 4.92. The number of carbonyl (C=O) groups is 1. The molecule has 1 rings (SSSR count). The van der Waals surface area contributed by atoms with Crippen LogP contribution in [0, 0.1) is 0 Å². The monoisotopic (exact) mass is 230 g/mol. The second kappa shape index (κ2) is 7.99. The molecule has 1 saturated heterocycles. The van der Waals surface area contributed by atoms with Gasteiger partial charge in [-0.3, -0.25) is 4.79 Å². The van der Waals surface area contributed by atoms with E-state index in [9.17, 15) is 4.79 Å². The molecule has 1 heterocycles. The molecule has 0 aliphatic carbocycles. The molecular formula is C11H22N2OS. The van der Waals surface area contributed by atoms with Gasteiger partial charge in [0.05, 0.1) is 0 Å². The van der Waals surface area contributed by atoms with Crippen LogP contribution in [0.2, 0.25) is 0 Å². The minimum absolute atomic E-state index is 0.324. The van der Waals surface area contributed by atoms with Gasteiger partial charge >= 0.3 is 0 Å². The molecular weight excluding hydrogens is 208 g/mol. The number of hydrogen-bond donors (Lipinski definition) is 1. The highest BCUT2D eigenvalue weighted by Gasteiger charge is 2.16. The van der Waals surface area contributed by atoms with Crippen molar-refractivity contribution in [1.82, 2.24) is 10.2 Å². The first-order chi connectivity index (χ1) is 7.34. The Hall–Kier alpha value is -0.220. The van der Waals surface area contributed by atoms with Crippen molar-refractivity contribution in [3.05, 3.63) is 0 Å². The zero-order chi connectivity index (χ0) is 10.9. The summed E-state index contributed by atoms with van der Waals surface area (Å²) < 4.78 is 0. The van der Waals surface area contributed by atoms with Crippen LogP contribution >= 0.6 is 11.8 Å². The number of hydrogen-bond acceptors (Lipinski definition) is 3. The summed E-state index contributed by atoms with van der Waals surface area (Å²) in [6.45, 7) is 3.83. The van der Waals surface area contributed by atoms with Crippen LogP contribution < -0.4 is 5.32 Å². The molecule has 0 atom stereocenters. The first kappa shape index (κ1) is 12.8. The summed E-state index contributed by atoms with van der Waals surface area (Å²) in [6.07, 6.45) is 6.36. The fourth-order valence-corrected chi connectivity index (χ4v) is 2.22. The molecule has 15 heavy (non-hydrogen) atoms. The summed E-state index contributed by atoms with van der Waals surface area (Å²) in [7, 11) is 0. The van der Waals surface area contributed by atoms with Gasteiger partial charge in [0.1, 0.15) is 0 Å². The maximum atomic E-state index is 11.6. The molecule has 0 unspecified atom stereocenters. The molecule has 0 radical (unpaired) electrons. The molecule has 0 bridgehead atoms. The fourth-order valence-electron chi connectivity index (χ4n) is 1.79. The van der Waals surface area contributed by atoms with Crippen molar-refractivity contribution in [2.24, 2.45) is 0 Å². The summed E-state index contributed by atoms with van der Waals surface area (Å²) in [5.74, 6) is 1.53. The minimum Gasteiger partial charge on any atom is -0.343 e. The van der Waals surface area contributed by atoms with Crippen LogP contribution in [0.4, 0.5) is 0 Å². The molecule has 1 aliphatic rings. The lowest BCUT2D eigenvalue weighted by atomic mass is 10.3. The molecule has 1 aliphatic heterocycles. The fraction of sp³-hybridized carbons (Fsp3) is 0.909. The second-order valence-electron chi connectivity index (χ2n) is 3.93. The van der Waals surface area contributed by atoms with Crippen LogP contribution in [0.3, 0.4) is 0 Å². The molecule has 4 heteroatoms. The number of carbonyl (C=O) groups excluding carboxylic acids is 1. The first-order valence-electron chi connectivity index (χ1n) is 5.82. The molecule has 0 aromatic carbocycles. The normalized spacial score (nSPS) is 15.9. The predicted octanol–water partition coefficient (Wildman–Crippen LogP) is 1.34. The first-order valence-corrected chi connectivity index (χ1v) is 7.21. The third-order valence-corrected chi connectivity index (χ3v) is 3.37. The molecule has 3 nitrogen and oxygen atoms in total. The van der Waals surface area contributed by atoms with E-state index in [0.29, 0.717) is 12.3 Å². The van der Waals surface area contributed by atoms with Gasteiger partial charge in [0.2, 0.25) is 5.91 Å². The number of amides is 1. The van der Waals surface area contributed by atoms with Gasteiger partial charge in [-0.05, 0) is 37.8 Å². The third kappa shape index (κ3) is 5.42. The van der Waals surface area contributed by atoms with E-state index in [1.165, 1.54) is 25.0 Å². The van der Waals surface area contributed by atoms with Crippen LogP contribution in [0.15, 0.2) is 0 Å². The molecule has 88 valence electrons. The predicted molar refractivity (Wildman–Crippen MR) is 66.3 cm³/mol. The van der Waals surface area contributed by atoms with E-state index in [4.69, 9.17) is 0 Å². The molecule has 0 aromatic rings. The Morgan fingerprint density at radius 2 is 2.07 bits per heavy atom. The van der Waals surface area contributed by atoms with Crippen molar-refractivity contribution in [3.63, 3.8) is 0 Å². The highest BCUT2D eigenvalue weighted by Crippen LogP contribution is 2.08. The van der Waals surface area contributed by atoms with E-state index in [2.05, 4.69) is 11.6 Å². The smallest absolute Gasteiger partial charge is 0.223 e. The standard InChI is InChI=1S/C11H22N2OS/c1-15-10-4-6-12-7-5-11(14)13-8-2-3-9-13/h12H,2-10H2,1H3. The Labute approximate surface area is 97.0 Å². The van der Waals surface area contributed by atoms with Crippen LogP contribution in [0.1, 0.15) is 25.7 Å². The van der Waals surface area contributed by atoms with Crippen LogP contribution in [-0.2, 0) is 4.79 Å². The lowest BCUT2D eigenvalue weighted by molar-refractivity contribution is -0.130. The van der Waals surface area contributed by atoms with Crippen LogP contribution in [-0.4, -0.2) is 49.0 Å². The Morgan fingerprint density at radius 1 is 1.33 bits per heavy atom. The maximum absolute atomic E-state index is 11.6. The molecule has 1 fully saturated rings. The minimum atomic E-state index is 0.324. The quantitative estimate of drug-likeness (QED) is 0.670. The van der Waals surface area contributed by atoms with Gasteiger partial charge in [-0.2, -0.15) is 11.8 Å². The van der Waals surface area contributed by atoms with Gasteiger partial charge in [-0.15, -0.1) is 0 Å². The lowest BCUT2D eigenvalue weighted by Crippen LogP contribution is -2.30. The van der Waals surface area contributed by atoms with Crippen molar-refractivity contribution in [2.45, 2.75) is 25.7 Å². The number of rotatable bonds is 7. The van der Waals surface area contributed by atoms with Crippen molar-refractivity contribution < 1.29 is 4.79 Å². The van der Waals surface area contributed by atoms with Gasteiger partial charge in [0, 0.05) is 26.1 Å². The SMILES string of the molecule is CSCCCNCCC(=O)N1CCCC1. The van der Waals surface area contributed by atoms with Gasteiger partial charge in [-0.25, -0.2) is 0 Å². The van der Waals surface area contributed by atoms with Crippen molar-refractivity contribution >= 4 is 17.7 Å². The zero-order valence-corrected chi connectivity index (χ0v) is 10.4. The summed E-state index contributed by atoms with van der Waals surface area (Å²) >= 11 is 1.87. The van der Waals surface area contributed by atoms with Crippen molar-refractivity contribution in [2.75, 3.05) is 38.2 Å². The van der Waals surface area contributed by atoms with Crippen molar-refractivity contribution in [3.8, 4) is 0 Å². The Balaban J connectivity index is 1.92. The largest absolute Gasteiger partial charge is 0.343 e. The molecule has 0 spiro atoms. The van der Waals surface area contributed by atoms with E-state index in [1.54, 1.807) is 0 Å². The Kier molecular flexibility index (Phi) is 6.85. The molecule has 1 amide bonds. The molecule has 1 N–H and O–H groups in total. The average molecular weight is 230 g/mol. The molecule has 0 aromatic heterocycles. The van der Waals surface area contributed by atoms with Crippen LogP contribution in [0.5, 0.6) is 0 Å². The summed E-state index contributed by atoms with van der Waals surface area (Å²) in [4.78, 5) is 13.6. The molecule has 0 saturated carbocycles. The van der Waals surface area contributed by atoms with Gasteiger partial charge in [-0.1, -0.05) is 0 Å². The average Bonchev–Trinajstić information content (AvgIpc) is 2.76. The van der Waals surface area contributed by atoms with E-state index in [0.717, 1.165) is 26.2 Å². The highest BCUT2D eigenvalue weighted by atomic mass is 32.2. The third-order valence-electron chi connectivity index (χ3n) is 2.68. The zero-order valence-electron chi connectivity index (χ0n) is 9.63. The Bertz CT molecular complexity index is 181. The van der Waals surface area contributed by atoms with E-state index in [-0.39, 0.29) is 0 Å². The van der Waals surface area contributed by atoms with E-state index in [1.807, 2.05) is 16.7 Å². The lowest BCUT2D eigenvalue weighted by Gasteiger charge is -2.15. The Morgan fingerprint density at radius 3 is 2.73 bits per heavy atom. The summed E-state index contributed by atoms with van der Waals surface area (Å²) in [5, 5.41) is 3.31. The number of thioether (sulfide) groups is 1. The van der Waals surface area contributed by atoms with E-state index >= 15 is 0 Å². The highest BCUT2D eigenvalue weighted by molar-refractivity contribution is 7.98. The number of nitrogens with zero attached hydrogens (tertiary/aromatic N) is 1. The van der Waals surface area contributed by atoms with Gasteiger partial charge in [0.15, 0.2) is 0 Å². The van der Waals surface area contributed by atoms with Crippen LogP contribution in [0.25, 0.3) is 0 Å². The van der Waals surface area contributed by atoms with Gasteiger partial charge < -0.3 is 10.2 Å².